The van der Waals surface area contributed by atoms with Crippen LogP contribution in [0.4, 0.5) is 0 Å². The number of rotatable bonds is 4. The van der Waals surface area contributed by atoms with E-state index < -0.39 is 0 Å². The van der Waals surface area contributed by atoms with E-state index in [0.717, 1.165) is 17.7 Å². The Morgan fingerprint density at radius 2 is 1.89 bits per heavy atom. The molecule has 0 fully saturated rings. The highest BCUT2D eigenvalue weighted by Crippen LogP contribution is 2.33. The van der Waals surface area contributed by atoms with Gasteiger partial charge in [-0.15, -0.1) is 12.4 Å². The maximum absolute atomic E-state index is 9.91. The lowest BCUT2D eigenvalue weighted by Crippen LogP contribution is -2.23. The van der Waals surface area contributed by atoms with E-state index in [1.165, 1.54) is 0 Å². The van der Waals surface area contributed by atoms with E-state index in [-0.39, 0.29) is 29.8 Å². The lowest BCUT2D eigenvalue weighted by atomic mass is 9.92. The van der Waals surface area contributed by atoms with Crippen LogP contribution in [0.2, 0.25) is 0 Å². The van der Waals surface area contributed by atoms with Gasteiger partial charge in [0.2, 0.25) is 0 Å². The molecule has 0 amide bonds. The molecule has 1 aromatic carbocycles. The SMILES string of the molecule is CCC(C)[C@H](N)c1cc(OC(C)(C)C)ccc1O.Cl. The summed E-state index contributed by atoms with van der Waals surface area (Å²) in [6.07, 6.45) is 0.977. The van der Waals surface area contributed by atoms with Crippen LogP contribution in [0.5, 0.6) is 11.5 Å². The number of aromatic hydroxyl groups is 1. The van der Waals surface area contributed by atoms with Crippen LogP contribution in [0.3, 0.4) is 0 Å². The Morgan fingerprint density at radius 1 is 1.32 bits per heavy atom. The number of nitrogens with two attached hydrogens (primary N) is 1. The van der Waals surface area contributed by atoms with E-state index in [4.69, 9.17) is 10.5 Å². The summed E-state index contributed by atoms with van der Waals surface area (Å²) >= 11 is 0. The number of ether oxygens (including phenoxy) is 1. The van der Waals surface area contributed by atoms with Crippen molar-refractivity contribution in [2.75, 3.05) is 0 Å². The van der Waals surface area contributed by atoms with Crippen LogP contribution in [0.1, 0.15) is 52.6 Å². The molecule has 0 radical (unpaired) electrons. The maximum atomic E-state index is 9.91. The van der Waals surface area contributed by atoms with Crippen molar-refractivity contribution in [3.05, 3.63) is 23.8 Å². The number of benzene rings is 1. The van der Waals surface area contributed by atoms with Crippen molar-refractivity contribution < 1.29 is 9.84 Å². The second-order valence-electron chi connectivity index (χ2n) is 5.85. The van der Waals surface area contributed by atoms with Crippen molar-refractivity contribution >= 4 is 12.4 Å². The van der Waals surface area contributed by atoms with Gasteiger partial charge in [-0.05, 0) is 44.9 Å². The standard InChI is InChI=1S/C15H25NO2.ClH/c1-6-10(2)14(16)12-9-11(7-8-13(12)17)18-15(3,4)5;/h7-10,14,17H,6,16H2,1-5H3;1H/t10?,14-;/m0./s1. The zero-order valence-corrected chi connectivity index (χ0v) is 13.3. The largest absolute Gasteiger partial charge is 0.508 e. The lowest BCUT2D eigenvalue weighted by Gasteiger charge is -2.24. The van der Waals surface area contributed by atoms with Crippen LogP contribution in [0.25, 0.3) is 0 Å². The molecule has 3 N–H and O–H groups in total. The third-order valence-electron chi connectivity index (χ3n) is 3.04. The summed E-state index contributed by atoms with van der Waals surface area (Å²) in [6.45, 7) is 10.2. The molecule has 3 nitrogen and oxygen atoms in total. The Morgan fingerprint density at radius 3 is 2.37 bits per heavy atom. The predicted octanol–water partition coefficient (Wildman–Crippen LogP) is 4.04. The van der Waals surface area contributed by atoms with Gasteiger partial charge in [0.05, 0.1) is 0 Å². The normalized spacial score (nSPS) is 14.4. The molecule has 19 heavy (non-hydrogen) atoms. The van der Waals surface area contributed by atoms with E-state index in [1.54, 1.807) is 12.1 Å². The van der Waals surface area contributed by atoms with Crippen LogP contribution in [-0.4, -0.2) is 10.7 Å². The van der Waals surface area contributed by atoms with Crippen molar-refractivity contribution in [2.45, 2.75) is 52.7 Å². The third kappa shape index (κ3) is 5.29. The van der Waals surface area contributed by atoms with Crippen molar-refractivity contribution in [3.63, 3.8) is 0 Å². The highest BCUT2D eigenvalue weighted by molar-refractivity contribution is 5.85. The lowest BCUT2D eigenvalue weighted by molar-refractivity contribution is 0.130. The second kappa shape index (κ2) is 7.01. The molecular formula is C15H26ClNO2. The van der Waals surface area contributed by atoms with Crippen LogP contribution in [0.15, 0.2) is 18.2 Å². The summed E-state index contributed by atoms with van der Waals surface area (Å²) in [7, 11) is 0. The van der Waals surface area contributed by atoms with Crippen LogP contribution in [-0.2, 0) is 0 Å². The van der Waals surface area contributed by atoms with Gasteiger partial charge < -0.3 is 15.6 Å². The highest BCUT2D eigenvalue weighted by atomic mass is 35.5. The van der Waals surface area contributed by atoms with Gasteiger partial charge in [0.1, 0.15) is 17.1 Å². The van der Waals surface area contributed by atoms with Gasteiger partial charge in [-0.3, -0.25) is 0 Å². The molecule has 0 bridgehead atoms. The molecule has 110 valence electrons. The fourth-order valence-electron chi connectivity index (χ4n) is 1.78. The topological polar surface area (TPSA) is 55.5 Å². The first kappa shape index (κ1) is 18.1. The first-order chi connectivity index (χ1) is 8.24. The van der Waals surface area contributed by atoms with Crippen LogP contribution in [0, 0.1) is 5.92 Å². The Bertz CT molecular complexity index is 402. The zero-order valence-electron chi connectivity index (χ0n) is 12.4. The molecule has 0 heterocycles. The quantitative estimate of drug-likeness (QED) is 0.879. The molecule has 0 aliphatic carbocycles. The van der Waals surface area contributed by atoms with E-state index in [0.29, 0.717) is 5.92 Å². The van der Waals surface area contributed by atoms with Crippen molar-refractivity contribution in [1.29, 1.82) is 0 Å². The maximum Gasteiger partial charge on any atom is 0.120 e. The average molecular weight is 288 g/mol. The highest BCUT2D eigenvalue weighted by Gasteiger charge is 2.19. The Balaban J connectivity index is 0.00000324. The monoisotopic (exact) mass is 287 g/mol. The number of phenolic OH excluding ortho intramolecular Hbond substituents is 1. The molecular weight excluding hydrogens is 262 g/mol. The van der Waals surface area contributed by atoms with Gasteiger partial charge in [-0.25, -0.2) is 0 Å². The Labute approximate surface area is 122 Å². The van der Waals surface area contributed by atoms with E-state index in [1.807, 2.05) is 26.8 Å². The minimum atomic E-state index is -0.255. The second-order valence-corrected chi connectivity index (χ2v) is 5.85. The van der Waals surface area contributed by atoms with Crippen molar-refractivity contribution in [2.24, 2.45) is 11.7 Å². The number of hydrogen-bond acceptors (Lipinski definition) is 3. The molecule has 0 spiro atoms. The summed E-state index contributed by atoms with van der Waals surface area (Å²) < 4.78 is 5.79. The van der Waals surface area contributed by atoms with Gasteiger partial charge in [-0.2, -0.15) is 0 Å². The van der Waals surface area contributed by atoms with Gasteiger partial charge in [-0.1, -0.05) is 20.3 Å². The number of halogens is 1. The zero-order chi connectivity index (χ0) is 13.9. The van der Waals surface area contributed by atoms with Crippen molar-refractivity contribution in [1.82, 2.24) is 0 Å². The Kier molecular flexibility index (Phi) is 6.67. The Hall–Kier alpha value is -0.930. The minimum absolute atomic E-state index is 0. The molecule has 1 aromatic rings. The fraction of sp³-hybridized carbons (Fsp3) is 0.600. The third-order valence-corrected chi connectivity index (χ3v) is 3.04. The number of phenols is 1. The summed E-state index contributed by atoms with van der Waals surface area (Å²) in [4.78, 5) is 0. The van der Waals surface area contributed by atoms with Crippen LogP contribution >= 0.6 is 12.4 Å². The van der Waals surface area contributed by atoms with Crippen LogP contribution < -0.4 is 10.5 Å². The molecule has 0 aliphatic heterocycles. The van der Waals surface area contributed by atoms with E-state index in [9.17, 15) is 5.11 Å². The smallest absolute Gasteiger partial charge is 0.120 e. The first-order valence-electron chi connectivity index (χ1n) is 6.52. The van der Waals surface area contributed by atoms with Gasteiger partial charge >= 0.3 is 0 Å². The van der Waals surface area contributed by atoms with E-state index in [2.05, 4.69) is 13.8 Å². The molecule has 0 aromatic heterocycles. The molecule has 1 rings (SSSR count). The molecule has 0 saturated carbocycles. The molecule has 2 atom stereocenters. The van der Waals surface area contributed by atoms with E-state index >= 15 is 0 Å². The molecule has 0 saturated heterocycles. The summed E-state index contributed by atoms with van der Waals surface area (Å²) in [5.41, 5.74) is 6.67. The molecule has 4 heteroatoms. The first-order valence-corrected chi connectivity index (χ1v) is 6.52. The molecule has 1 unspecified atom stereocenters. The van der Waals surface area contributed by atoms with Gasteiger partial charge in [0.25, 0.3) is 0 Å². The average Bonchev–Trinajstić information content (AvgIpc) is 2.28. The van der Waals surface area contributed by atoms with Gasteiger partial charge in [0.15, 0.2) is 0 Å². The molecule has 0 aliphatic rings. The fourth-order valence-corrected chi connectivity index (χ4v) is 1.78. The number of hydrogen-bond donors (Lipinski definition) is 2. The summed E-state index contributed by atoms with van der Waals surface area (Å²) in [5.74, 6) is 1.30. The summed E-state index contributed by atoms with van der Waals surface area (Å²) in [5, 5.41) is 9.91. The van der Waals surface area contributed by atoms with Crippen molar-refractivity contribution in [3.8, 4) is 11.5 Å². The predicted molar refractivity (Wildman–Crippen MR) is 82.1 cm³/mol. The summed E-state index contributed by atoms with van der Waals surface area (Å²) in [6, 6.07) is 5.10. The van der Waals surface area contributed by atoms with Gasteiger partial charge in [0, 0.05) is 11.6 Å². The minimum Gasteiger partial charge on any atom is -0.508 e.